The van der Waals surface area contributed by atoms with Crippen LogP contribution in [-0.2, 0) is 6.18 Å². The topological polar surface area (TPSA) is 41.6 Å². The number of hydrogen-bond donors (Lipinski definition) is 1. The molecule has 4 rings (SSSR count). The number of aromatic amines is 1. The fraction of sp³-hybridized carbons (Fsp3) is 0.429. The molecule has 1 aliphatic rings. The van der Waals surface area contributed by atoms with Crippen molar-refractivity contribution >= 4 is 22.6 Å². The van der Waals surface area contributed by atoms with Gasteiger partial charge in [-0.2, -0.15) is 13.2 Å². The predicted molar refractivity (Wildman–Crippen MR) is 103 cm³/mol. The summed E-state index contributed by atoms with van der Waals surface area (Å²) in [6, 6.07) is 8.53. The minimum Gasteiger partial charge on any atom is -0.342 e. The van der Waals surface area contributed by atoms with Crippen LogP contribution in [0.3, 0.4) is 0 Å². The molecule has 1 aliphatic carbocycles. The van der Waals surface area contributed by atoms with E-state index in [4.69, 9.17) is 16.6 Å². The Kier molecular flexibility index (Phi) is 5.08. The van der Waals surface area contributed by atoms with Gasteiger partial charge in [0.15, 0.2) is 0 Å². The van der Waals surface area contributed by atoms with Crippen LogP contribution in [0.15, 0.2) is 36.5 Å². The van der Waals surface area contributed by atoms with E-state index in [1.165, 1.54) is 12.3 Å². The highest BCUT2D eigenvalue weighted by molar-refractivity contribution is 6.31. The van der Waals surface area contributed by atoms with Crippen LogP contribution in [0.1, 0.15) is 61.5 Å². The van der Waals surface area contributed by atoms with Gasteiger partial charge >= 0.3 is 6.18 Å². The van der Waals surface area contributed by atoms with Crippen molar-refractivity contribution in [2.75, 3.05) is 0 Å². The van der Waals surface area contributed by atoms with Crippen molar-refractivity contribution in [3.63, 3.8) is 0 Å². The summed E-state index contributed by atoms with van der Waals surface area (Å²) in [6.45, 7) is 2.17. The van der Waals surface area contributed by atoms with Crippen LogP contribution in [0.5, 0.6) is 0 Å². The predicted octanol–water partition coefficient (Wildman–Crippen LogP) is 6.71. The molecule has 3 nitrogen and oxygen atoms in total. The molecule has 0 spiro atoms. The molecule has 148 valence electrons. The van der Waals surface area contributed by atoms with Crippen molar-refractivity contribution in [2.45, 2.75) is 50.6 Å². The summed E-state index contributed by atoms with van der Waals surface area (Å²) in [7, 11) is 0. The molecule has 1 fully saturated rings. The lowest BCUT2D eigenvalue weighted by Crippen LogP contribution is -2.19. The SMILES string of the molecule is CC(c1nc2ccc(Cl)cc2[nH]1)C1CCC(c2ccnc(C(F)(F)F)c2)CC1. The summed E-state index contributed by atoms with van der Waals surface area (Å²) in [4.78, 5) is 11.5. The standard InChI is InChI=1S/C21H21ClF3N3/c1-12(20-27-17-7-6-16(22)11-18(17)28-20)13-2-4-14(5-3-13)15-8-9-26-19(10-15)21(23,24)25/h6-14H,2-5H2,1H3,(H,27,28). The molecule has 0 bridgehead atoms. The Balaban J connectivity index is 1.44. The number of alkyl halides is 3. The zero-order chi connectivity index (χ0) is 19.9. The van der Waals surface area contributed by atoms with Crippen LogP contribution < -0.4 is 0 Å². The third kappa shape index (κ3) is 3.88. The van der Waals surface area contributed by atoms with Gasteiger partial charge < -0.3 is 4.98 Å². The van der Waals surface area contributed by atoms with E-state index in [2.05, 4.69) is 16.9 Å². The lowest BCUT2D eigenvalue weighted by atomic mass is 9.74. The highest BCUT2D eigenvalue weighted by Crippen LogP contribution is 2.42. The fourth-order valence-electron chi connectivity index (χ4n) is 4.25. The zero-order valence-electron chi connectivity index (χ0n) is 15.4. The van der Waals surface area contributed by atoms with E-state index in [9.17, 15) is 13.2 Å². The van der Waals surface area contributed by atoms with Crippen LogP contribution in [0.25, 0.3) is 11.0 Å². The summed E-state index contributed by atoms with van der Waals surface area (Å²) in [5.74, 6) is 1.82. The Labute approximate surface area is 166 Å². The number of imidazole rings is 1. The third-order valence-electron chi connectivity index (χ3n) is 5.92. The first-order chi connectivity index (χ1) is 13.3. The van der Waals surface area contributed by atoms with Gasteiger partial charge in [-0.15, -0.1) is 0 Å². The molecule has 1 saturated carbocycles. The zero-order valence-corrected chi connectivity index (χ0v) is 16.2. The van der Waals surface area contributed by atoms with Crippen LogP contribution >= 0.6 is 11.6 Å². The maximum absolute atomic E-state index is 12.9. The van der Waals surface area contributed by atoms with E-state index in [1.54, 1.807) is 6.07 Å². The summed E-state index contributed by atoms with van der Waals surface area (Å²) in [5, 5.41) is 0.673. The maximum atomic E-state index is 12.9. The number of nitrogens with zero attached hydrogens (tertiary/aromatic N) is 2. The molecular weight excluding hydrogens is 387 g/mol. The van der Waals surface area contributed by atoms with E-state index in [-0.39, 0.29) is 11.8 Å². The van der Waals surface area contributed by atoms with E-state index in [0.717, 1.165) is 48.1 Å². The number of hydrogen-bond acceptors (Lipinski definition) is 2. The lowest BCUT2D eigenvalue weighted by molar-refractivity contribution is -0.141. The molecule has 1 N–H and O–H groups in total. The number of fused-ring (bicyclic) bond motifs is 1. The number of halogens is 4. The Morgan fingerprint density at radius 1 is 1.11 bits per heavy atom. The van der Waals surface area contributed by atoms with Gasteiger partial charge in [0, 0.05) is 17.1 Å². The summed E-state index contributed by atoms with van der Waals surface area (Å²) < 4.78 is 38.8. The van der Waals surface area contributed by atoms with Crippen LogP contribution in [0.4, 0.5) is 13.2 Å². The Morgan fingerprint density at radius 2 is 1.86 bits per heavy atom. The Morgan fingerprint density at radius 3 is 2.57 bits per heavy atom. The van der Waals surface area contributed by atoms with Crippen LogP contribution in [0.2, 0.25) is 5.02 Å². The first-order valence-corrected chi connectivity index (χ1v) is 9.87. The molecule has 0 aliphatic heterocycles. The molecule has 0 amide bonds. The third-order valence-corrected chi connectivity index (χ3v) is 6.15. The van der Waals surface area contributed by atoms with E-state index in [0.29, 0.717) is 10.9 Å². The minimum atomic E-state index is -4.40. The van der Waals surface area contributed by atoms with Gasteiger partial charge in [-0.25, -0.2) is 4.98 Å². The largest absolute Gasteiger partial charge is 0.433 e. The monoisotopic (exact) mass is 407 g/mol. The Hall–Kier alpha value is -2.08. The number of rotatable bonds is 3. The van der Waals surface area contributed by atoms with Crippen molar-refractivity contribution in [1.29, 1.82) is 0 Å². The number of benzene rings is 1. The molecule has 28 heavy (non-hydrogen) atoms. The highest BCUT2D eigenvalue weighted by atomic mass is 35.5. The normalized spacial score (nSPS) is 21.8. The van der Waals surface area contributed by atoms with Gasteiger partial charge in [0.25, 0.3) is 0 Å². The number of H-pyrrole nitrogens is 1. The van der Waals surface area contributed by atoms with Crippen molar-refractivity contribution in [2.24, 2.45) is 5.92 Å². The molecule has 0 saturated heterocycles. The molecule has 2 aromatic heterocycles. The second kappa shape index (κ2) is 7.39. The minimum absolute atomic E-state index is 0.155. The van der Waals surface area contributed by atoms with E-state index < -0.39 is 11.9 Å². The molecular formula is C21H21ClF3N3. The summed E-state index contributed by atoms with van der Waals surface area (Å²) in [5.41, 5.74) is 1.77. The quantitative estimate of drug-likeness (QED) is 0.524. The van der Waals surface area contributed by atoms with Crippen molar-refractivity contribution in [1.82, 2.24) is 15.0 Å². The second-order valence-corrected chi connectivity index (χ2v) is 8.09. The van der Waals surface area contributed by atoms with E-state index >= 15 is 0 Å². The number of aromatic nitrogens is 3. The van der Waals surface area contributed by atoms with Gasteiger partial charge in [-0.3, -0.25) is 4.98 Å². The van der Waals surface area contributed by atoms with Crippen LogP contribution in [0, 0.1) is 5.92 Å². The maximum Gasteiger partial charge on any atom is 0.433 e. The second-order valence-electron chi connectivity index (χ2n) is 7.66. The van der Waals surface area contributed by atoms with Gasteiger partial charge in [0.05, 0.1) is 11.0 Å². The van der Waals surface area contributed by atoms with Crippen molar-refractivity contribution in [3.8, 4) is 0 Å². The van der Waals surface area contributed by atoms with Crippen LogP contribution in [-0.4, -0.2) is 15.0 Å². The molecule has 7 heteroatoms. The molecule has 1 aromatic carbocycles. The van der Waals surface area contributed by atoms with Gasteiger partial charge in [-0.1, -0.05) is 18.5 Å². The summed E-state index contributed by atoms with van der Waals surface area (Å²) >= 11 is 6.05. The molecule has 1 atom stereocenters. The van der Waals surface area contributed by atoms with E-state index in [1.807, 2.05) is 18.2 Å². The first kappa shape index (κ1) is 19.2. The fourth-order valence-corrected chi connectivity index (χ4v) is 4.42. The molecule has 0 radical (unpaired) electrons. The molecule has 1 unspecified atom stereocenters. The average molecular weight is 408 g/mol. The molecule has 3 aromatic rings. The van der Waals surface area contributed by atoms with Gasteiger partial charge in [-0.05, 0) is 73.4 Å². The average Bonchev–Trinajstić information content (AvgIpc) is 3.10. The smallest absolute Gasteiger partial charge is 0.342 e. The van der Waals surface area contributed by atoms with Crippen molar-refractivity contribution in [3.05, 3.63) is 58.6 Å². The van der Waals surface area contributed by atoms with Crippen molar-refractivity contribution < 1.29 is 13.2 Å². The van der Waals surface area contributed by atoms with Gasteiger partial charge in [0.2, 0.25) is 0 Å². The molecule has 2 heterocycles. The first-order valence-electron chi connectivity index (χ1n) is 9.49. The lowest BCUT2D eigenvalue weighted by Gasteiger charge is -2.32. The Bertz CT molecular complexity index is 974. The number of nitrogens with one attached hydrogen (secondary N) is 1. The number of pyridine rings is 1. The highest BCUT2D eigenvalue weighted by Gasteiger charge is 2.34. The van der Waals surface area contributed by atoms with Gasteiger partial charge in [0.1, 0.15) is 11.5 Å². The summed E-state index contributed by atoms with van der Waals surface area (Å²) in [6.07, 6.45) is 0.559.